The highest BCUT2D eigenvalue weighted by Crippen LogP contribution is 2.31. The summed E-state index contributed by atoms with van der Waals surface area (Å²) in [6, 6.07) is 0. The number of hydrogen-bond acceptors (Lipinski definition) is 1. The predicted octanol–water partition coefficient (Wildman–Crippen LogP) is 2.49. The van der Waals surface area contributed by atoms with Crippen LogP contribution in [0.2, 0.25) is 0 Å². The molecule has 0 radical (unpaired) electrons. The zero-order chi connectivity index (χ0) is 9.47. The molecule has 0 aromatic carbocycles. The summed E-state index contributed by atoms with van der Waals surface area (Å²) in [7, 11) is -1.80. The van der Waals surface area contributed by atoms with E-state index in [0.717, 1.165) is 6.42 Å². The third-order valence-electron chi connectivity index (χ3n) is 2.77. The van der Waals surface area contributed by atoms with Crippen LogP contribution in [-0.4, -0.2) is 15.8 Å². The Bertz CT molecular complexity index is 404. The molecule has 0 amide bonds. The average molecular weight is 196 g/mol. The molecule has 2 heteroatoms. The third-order valence-corrected chi connectivity index (χ3v) is 4.35. The van der Waals surface area contributed by atoms with E-state index in [9.17, 15) is 4.21 Å². The van der Waals surface area contributed by atoms with Gasteiger partial charge in [0.15, 0.2) is 0 Å². The van der Waals surface area contributed by atoms with E-state index >= 15 is 0 Å². The second-order valence-corrected chi connectivity index (χ2v) is 6.50. The van der Waals surface area contributed by atoms with E-state index in [2.05, 4.69) is 6.92 Å². The van der Waals surface area contributed by atoms with E-state index in [4.69, 9.17) is 0 Å². The van der Waals surface area contributed by atoms with Gasteiger partial charge in [-0.25, -0.2) is 0 Å². The minimum absolute atomic E-state index is 1.13. The lowest BCUT2D eigenvalue weighted by atomic mass is 9.89. The smallest absolute Gasteiger partial charge is 0.00865 e. The minimum atomic E-state index is -1.80. The molecule has 1 nitrogen and oxygen atoms in total. The molecule has 0 aromatic heterocycles. The zero-order valence-corrected chi connectivity index (χ0v) is 9.12. The summed E-state index contributed by atoms with van der Waals surface area (Å²) in [4.78, 5) is 0. The molecule has 1 aliphatic carbocycles. The monoisotopic (exact) mass is 196 g/mol. The van der Waals surface area contributed by atoms with E-state index in [0.29, 0.717) is 0 Å². The Morgan fingerprint density at radius 2 is 2.00 bits per heavy atom. The average Bonchev–Trinajstić information content (AvgIpc) is 2.02. The van der Waals surface area contributed by atoms with Gasteiger partial charge in [0.05, 0.1) is 0 Å². The Hall–Kier alpha value is -0.500. The molecule has 0 bridgehead atoms. The first-order valence-electron chi connectivity index (χ1n) is 4.83. The van der Waals surface area contributed by atoms with Gasteiger partial charge in [-0.3, -0.25) is 4.21 Å². The molecule has 1 atom stereocenters. The van der Waals surface area contributed by atoms with Gasteiger partial charge >= 0.3 is 0 Å². The van der Waals surface area contributed by atoms with Crippen LogP contribution in [0, 0.1) is 0 Å². The molecule has 72 valence electrons. The van der Waals surface area contributed by atoms with Gasteiger partial charge in [-0.05, 0) is 69.6 Å². The highest BCUT2D eigenvalue weighted by atomic mass is 32.2. The molecule has 13 heavy (non-hydrogen) atoms. The second kappa shape index (κ2) is 3.02. The van der Waals surface area contributed by atoms with Crippen molar-refractivity contribution in [3.05, 3.63) is 22.1 Å². The highest BCUT2D eigenvalue weighted by Gasteiger charge is 2.17. The van der Waals surface area contributed by atoms with Gasteiger partial charge in [-0.1, -0.05) is 0 Å². The van der Waals surface area contributed by atoms with Crippen LogP contribution in [0.4, 0.5) is 0 Å². The fourth-order valence-corrected chi connectivity index (χ4v) is 3.99. The number of rotatable bonds is 0. The molecule has 0 spiro atoms. The Labute approximate surface area is 80.5 Å². The van der Waals surface area contributed by atoms with Crippen LogP contribution in [0.25, 0.3) is 0 Å². The van der Waals surface area contributed by atoms with Crippen LogP contribution in [-0.2, 0) is 9.52 Å². The summed E-state index contributed by atoms with van der Waals surface area (Å²) < 4.78 is 11.9. The van der Waals surface area contributed by atoms with Gasteiger partial charge in [0, 0.05) is 6.26 Å². The lowest BCUT2D eigenvalue weighted by Crippen LogP contribution is -2.12. The van der Waals surface area contributed by atoms with Crippen molar-refractivity contribution < 1.29 is 4.21 Å². The number of hydrogen-bond donors (Lipinski definition) is 0. The molecule has 0 aromatic rings. The molecule has 0 saturated heterocycles. The van der Waals surface area contributed by atoms with E-state index < -0.39 is 9.52 Å². The van der Waals surface area contributed by atoms with Gasteiger partial charge in [-0.2, -0.15) is 0 Å². The van der Waals surface area contributed by atoms with Crippen molar-refractivity contribution >= 4 is 14.9 Å². The molecular formula is C11H16OS. The largest absolute Gasteiger partial charge is 0.263 e. The van der Waals surface area contributed by atoms with Crippen molar-refractivity contribution in [2.75, 3.05) is 6.26 Å². The molecule has 0 fully saturated rings. The Morgan fingerprint density at radius 1 is 1.31 bits per heavy atom. The van der Waals surface area contributed by atoms with Crippen LogP contribution in [0.1, 0.15) is 32.6 Å². The number of allylic oxidation sites excluding steroid dienone is 3. The summed E-state index contributed by atoms with van der Waals surface area (Å²) in [5.41, 5.74) is 4.08. The molecular weight excluding hydrogens is 180 g/mol. The minimum Gasteiger partial charge on any atom is -0.263 e. The van der Waals surface area contributed by atoms with Crippen LogP contribution in [0.3, 0.4) is 0 Å². The molecule has 0 N–H and O–H groups in total. The molecule has 1 heterocycles. The second-order valence-electron chi connectivity index (χ2n) is 4.10. The molecule has 1 aliphatic heterocycles. The van der Waals surface area contributed by atoms with Crippen molar-refractivity contribution in [3.8, 4) is 0 Å². The summed E-state index contributed by atoms with van der Waals surface area (Å²) in [5, 5.41) is 3.94. The van der Waals surface area contributed by atoms with Crippen molar-refractivity contribution in [2.45, 2.75) is 32.6 Å². The maximum atomic E-state index is 11.9. The summed E-state index contributed by atoms with van der Waals surface area (Å²) >= 11 is 0. The fourth-order valence-electron chi connectivity index (χ4n) is 2.25. The van der Waals surface area contributed by atoms with Gasteiger partial charge < -0.3 is 0 Å². The van der Waals surface area contributed by atoms with Gasteiger partial charge in [0.1, 0.15) is 0 Å². The Kier molecular flexibility index (Phi) is 2.11. The molecule has 0 saturated carbocycles. The first-order valence-corrected chi connectivity index (χ1v) is 6.92. The maximum Gasteiger partial charge on any atom is 0.00865 e. The topological polar surface area (TPSA) is 17.1 Å². The van der Waals surface area contributed by atoms with Gasteiger partial charge in [0.2, 0.25) is 0 Å². The standard InChI is InChI=1S/C11H16OS/c1-9-7-13(2,12)8-10-5-3-4-6-11(9)10/h7-8H,3-6H2,1-2H3. The van der Waals surface area contributed by atoms with Crippen molar-refractivity contribution in [1.82, 2.24) is 0 Å². The first-order chi connectivity index (χ1) is 6.08. The first kappa shape index (κ1) is 9.07. The van der Waals surface area contributed by atoms with E-state index in [1.165, 1.54) is 36.0 Å². The molecule has 2 rings (SSSR count). The SMILES string of the molecule is CC1=CS(C)(=O)=CC2=C1CCCC2. The highest BCUT2D eigenvalue weighted by molar-refractivity contribution is 8.03. The van der Waals surface area contributed by atoms with E-state index in [1.807, 2.05) is 17.0 Å². The molecule has 2 aliphatic rings. The Balaban J connectivity index is 2.56. The lowest BCUT2D eigenvalue weighted by Gasteiger charge is -2.23. The van der Waals surface area contributed by atoms with E-state index in [1.54, 1.807) is 0 Å². The Morgan fingerprint density at radius 3 is 2.77 bits per heavy atom. The third kappa shape index (κ3) is 1.73. The van der Waals surface area contributed by atoms with Gasteiger partial charge in [0.25, 0.3) is 0 Å². The van der Waals surface area contributed by atoms with Crippen LogP contribution in [0.15, 0.2) is 22.1 Å². The van der Waals surface area contributed by atoms with Crippen molar-refractivity contribution in [3.63, 3.8) is 0 Å². The quantitative estimate of drug-likeness (QED) is 0.544. The van der Waals surface area contributed by atoms with Crippen molar-refractivity contribution in [2.24, 2.45) is 0 Å². The predicted molar refractivity (Wildman–Crippen MR) is 59.4 cm³/mol. The zero-order valence-electron chi connectivity index (χ0n) is 8.30. The summed E-state index contributed by atoms with van der Waals surface area (Å²) in [6.45, 7) is 2.09. The van der Waals surface area contributed by atoms with Crippen molar-refractivity contribution in [1.29, 1.82) is 0 Å². The van der Waals surface area contributed by atoms with Crippen LogP contribution >= 0.6 is 0 Å². The molecule has 1 unspecified atom stereocenters. The lowest BCUT2D eigenvalue weighted by molar-refractivity contribution is 0.684. The summed E-state index contributed by atoms with van der Waals surface area (Å²) in [6.07, 6.45) is 6.70. The summed E-state index contributed by atoms with van der Waals surface area (Å²) in [5.74, 6) is 0. The van der Waals surface area contributed by atoms with Crippen LogP contribution < -0.4 is 0 Å². The maximum absolute atomic E-state index is 11.9. The van der Waals surface area contributed by atoms with E-state index in [-0.39, 0.29) is 0 Å². The van der Waals surface area contributed by atoms with Gasteiger partial charge in [-0.15, -0.1) is 0 Å². The van der Waals surface area contributed by atoms with Crippen LogP contribution in [0.5, 0.6) is 0 Å². The normalized spacial score (nSPS) is 33.5. The fraction of sp³-hybridized carbons (Fsp3) is 0.545.